The predicted molar refractivity (Wildman–Crippen MR) is 108 cm³/mol. The summed E-state index contributed by atoms with van der Waals surface area (Å²) in [7, 11) is 0. The Bertz CT molecular complexity index is 1150. The fourth-order valence-corrected chi connectivity index (χ4v) is 3.24. The van der Waals surface area contributed by atoms with Crippen molar-refractivity contribution in [1.29, 1.82) is 0 Å². The van der Waals surface area contributed by atoms with Crippen molar-refractivity contribution in [2.24, 2.45) is 0 Å². The lowest BCUT2D eigenvalue weighted by Crippen LogP contribution is -2.06. The van der Waals surface area contributed by atoms with Gasteiger partial charge in [0.05, 0.1) is 5.56 Å². The topological polar surface area (TPSA) is 39.4 Å². The van der Waals surface area contributed by atoms with Gasteiger partial charge in [-0.15, -0.1) is 0 Å². The Balaban J connectivity index is 1.74. The molecular weight excluding hydrogens is 360 g/mol. The molecule has 1 aromatic heterocycles. The smallest absolute Gasteiger partial charge is 0.344 e. The van der Waals surface area contributed by atoms with Crippen LogP contribution in [0.5, 0.6) is 5.75 Å². The van der Waals surface area contributed by atoms with E-state index in [1.165, 1.54) is 0 Å². The first-order chi connectivity index (χ1) is 13.1. The number of hydrogen-bond acceptors (Lipinski definition) is 3. The zero-order valence-electron chi connectivity index (χ0n) is 14.7. The fraction of sp³-hybridized carbons (Fsp3) is 0.0870. The van der Waals surface area contributed by atoms with Crippen LogP contribution >= 0.6 is 11.6 Å². The number of fused-ring (bicyclic) bond motifs is 1. The molecule has 0 aliphatic carbocycles. The predicted octanol–water partition coefficient (Wildman–Crippen LogP) is 6.00. The third-order valence-electron chi connectivity index (χ3n) is 4.52. The second-order valence-electron chi connectivity index (χ2n) is 6.33. The van der Waals surface area contributed by atoms with Gasteiger partial charge in [0.15, 0.2) is 0 Å². The van der Waals surface area contributed by atoms with Gasteiger partial charge in [-0.3, -0.25) is 0 Å². The Morgan fingerprint density at radius 3 is 2.44 bits per heavy atom. The van der Waals surface area contributed by atoms with Crippen LogP contribution in [0.2, 0.25) is 5.02 Å². The molecule has 0 fully saturated rings. The highest BCUT2D eigenvalue weighted by Crippen LogP contribution is 2.30. The molecule has 0 aliphatic rings. The van der Waals surface area contributed by atoms with Crippen molar-refractivity contribution in [1.82, 2.24) is 0 Å². The SMILES string of the molecule is Cc1c(-c2ccc(Cl)cc2)c(=O)oc2ccc(OCc3ccccc3)cc12. The van der Waals surface area contributed by atoms with Crippen LogP contribution in [-0.4, -0.2) is 0 Å². The van der Waals surface area contributed by atoms with Crippen LogP contribution in [0.4, 0.5) is 0 Å². The zero-order chi connectivity index (χ0) is 18.8. The maximum Gasteiger partial charge on any atom is 0.344 e. The maximum atomic E-state index is 12.5. The third-order valence-corrected chi connectivity index (χ3v) is 4.77. The van der Waals surface area contributed by atoms with E-state index in [4.69, 9.17) is 20.8 Å². The molecule has 134 valence electrons. The number of aryl methyl sites for hydroxylation is 1. The summed E-state index contributed by atoms with van der Waals surface area (Å²) in [6.45, 7) is 2.40. The first kappa shape index (κ1) is 17.4. The van der Waals surface area contributed by atoms with Crippen molar-refractivity contribution in [3.05, 3.63) is 99.4 Å². The molecule has 3 aromatic carbocycles. The standard InChI is InChI=1S/C23H17ClO3/c1-15-20-13-19(26-14-16-5-3-2-4-6-16)11-12-21(20)27-23(25)22(15)17-7-9-18(24)10-8-17/h2-13H,14H2,1H3. The summed E-state index contributed by atoms with van der Waals surface area (Å²) in [5, 5.41) is 1.48. The van der Waals surface area contributed by atoms with Crippen LogP contribution in [0, 0.1) is 6.92 Å². The lowest BCUT2D eigenvalue weighted by atomic mass is 9.99. The van der Waals surface area contributed by atoms with Crippen molar-refractivity contribution < 1.29 is 9.15 Å². The molecule has 4 aromatic rings. The van der Waals surface area contributed by atoms with Crippen LogP contribution in [0.15, 0.2) is 82.0 Å². The highest BCUT2D eigenvalue weighted by molar-refractivity contribution is 6.30. The average molecular weight is 377 g/mol. The molecule has 0 unspecified atom stereocenters. The first-order valence-electron chi connectivity index (χ1n) is 8.62. The molecule has 0 amide bonds. The molecular formula is C23H17ClO3. The Morgan fingerprint density at radius 1 is 0.963 bits per heavy atom. The summed E-state index contributed by atoms with van der Waals surface area (Å²) < 4.78 is 11.4. The molecule has 0 atom stereocenters. The summed E-state index contributed by atoms with van der Waals surface area (Å²) in [6, 6.07) is 22.6. The fourth-order valence-electron chi connectivity index (χ4n) is 3.11. The van der Waals surface area contributed by atoms with Crippen LogP contribution in [0.25, 0.3) is 22.1 Å². The van der Waals surface area contributed by atoms with E-state index >= 15 is 0 Å². The van der Waals surface area contributed by atoms with Crippen LogP contribution in [-0.2, 0) is 6.61 Å². The van der Waals surface area contributed by atoms with Crippen LogP contribution < -0.4 is 10.4 Å². The van der Waals surface area contributed by atoms with E-state index in [0.29, 0.717) is 22.8 Å². The summed E-state index contributed by atoms with van der Waals surface area (Å²) in [6.07, 6.45) is 0. The van der Waals surface area contributed by atoms with E-state index in [1.807, 2.05) is 61.5 Å². The molecule has 0 N–H and O–H groups in total. The zero-order valence-corrected chi connectivity index (χ0v) is 15.5. The first-order valence-corrected chi connectivity index (χ1v) is 9.00. The number of hydrogen-bond donors (Lipinski definition) is 0. The van der Waals surface area contributed by atoms with Gasteiger partial charge in [-0.05, 0) is 53.9 Å². The summed E-state index contributed by atoms with van der Waals surface area (Å²) in [5.41, 5.74) is 3.45. The number of ether oxygens (including phenoxy) is 1. The number of halogens is 1. The quantitative estimate of drug-likeness (QED) is 0.410. The third kappa shape index (κ3) is 3.60. The van der Waals surface area contributed by atoms with Crippen molar-refractivity contribution in [3.63, 3.8) is 0 Å². The lowest BCUT2D eigenvalue weighted by molar-refractivity contribution is 0.306. The highest BCUT2D eigenvalue weighted by atomic mass is 35.5. The minimum atomic E-state index is -0.361. The Kier molecular flexibility index (Phi) is 4.69. The van der Waals surface area contributed by atoms with Crippen molar-refractivity contribution >= 4 is 22.6 Å². The molecule has 4 rings (SSSR count). The second-order valence-corrected chi connectivity index (χ2v) is 6.77. The van der Waals surface area contributed by atoms with Crippen LogP contribution in [0.3, 0.4) is 0 Å². The van der Waals surface area contributed by atoms with Gasteiger partial charge in [0.1, 0.15) is 17.9 Å². The monoisotopic (exact) mass is 376 g/mol. The van der Waals surface area contributed by atoms with Gasteiger partial charge in [-0.25, -0.2) is 4.79 Å². The average Bonchev–Trinajstić information content (AvgIpc) is 2.69. The van der Waals surface area contributed by atoms with Crippen molar-refractivity contribution in [2.75, 3.05) is 0 Å². The summed E-state index contributed by atoms with van der Waals surface area (Å²) in [5.74, 6) is 0.727. The summed E-state index contributed by atoms with van der Waals surface area (Å²) in [4.78, 5) is 12.5. The molecule has 0 saturated heterocycles. The number of rotatable bonds is 4. The van der Waals surface area contributed by atoms with Gasteiger partial charge in [-0.1, -0.05) is 54.1 Å². The molecule has 3 nitrogen and oxygen atoms in total. The van der Waals surface area contributed by atoms with Crippen molar-refractivity contribution in [2.45, 2.75) is 13.5 Å². The second kappa shape index (κ2) is 7.29. The van der Waals surface area contributed by atoms with E-state index in [0.717, 1.165) is 27.8 Å². The Labute approximate surface area is 161 Å². The van der Waals surface area contributed by atoms with Gasteiger partial charge >= 0.3 is 5.63 Å². The van der Waals surface area contributed by atoms with Gasteiger partial charge in [0.2, 0.25) is 0 Å². The van der Waals surface area contributed by atoms with E-state index in [2.05, 4.69) is 0 Å². The normalized spacial score (nSPS) is 10.9. The minimum absolute atomic E-state index is 0.361. The lowest BCUT2D eigenvalue weighted by Gasteiger charge is -2.11. The van der Waals surface area contributed by atoms with E-state index in [-0.39, 0.29) is 5.63 Å². The minimum Gasteiger partial charge on any atom is -0.489 e. The van der Waals surface area contributed by atoms with Gasteiger partial charge in [-0.2, -0.15) is 0 Å². The molecule has 4 heteroatoms. The van der Waals surface area contributed by atoms with Crippen molar-refractivity contribution in [3.8, 4) is 16.9 Å². The van der Waals surface area contributed by atoms with E-state index < -0.39 is 0 Å². The van der Waals surface area contributed by atoms with Gasteiger partial charge in [0.25, 0.3) is 0 Å². The molecule has 0 aliphatic heterocycles. The maximum absolute atomic E-state index is 12.5. The molecule has 0 radical (unpaired) electrons. The van der Waals surface area contributed by atoms with Gasteiger partial charge in [0, 0.05) is 10.4 Å². The number of benzene rings is 3. The molecule has 0 saturated carbocycles. The summed E-state index contributed by atoms with van der Waals surface area (Å²) >= 11 is 5.96. The Hall–Kier alpha value is -3.04. The molecule has 0 spiro atoms. The molecule has 0 bridgehead atoms. The van der Waals surface area contributed by atoms with Crippen LogP contribution in [0.1, 0.15) is 11.1 Å². The van der Waals surface area contributed by atoms with E-state index in [1.54, 1.807) is 18.2 Å². The Morgan fingerprint density at radius 2 is 1.70 bits per heavy atom. The van der Waals surface area contributed by atoms with E-state index in [9.17, 15) is 4.79 Å². The van der Waals surface area contributed by atoms with Gasteiger partial charge < -0.3 is 9.15 Å². The molecule has 1 heterocycles. The highest BCUT2D eigenvalue weighted by Gasteiger charge is 2.14. The molecule has 27 heavy (non-hydrogen) atoms. The largest absolute Gasteiger partial charge is 0.489 e.